The molecular weight excluding hydrogens is 200 g/mol. The molecule has 0 aliphatic heterocycles. The Hall–Kier alpha value is -0.900. The summed E-state index contributed by atoms with van der Waals surface area (Å²) in [5.74, 6) is 0. The summed E-state index contributed by atoms with van der Waals surface area (Å²) in [7, 11) is 0. The molecule has 1 aromatic rings. The van der Waals surface area contributed by atoms with Crippen molar-refractivity contribution >= 4 is 0 Å². The molecule has 0 heterocycles. The van der Waals surface area contributed by atoms with Crippen LogP contribution in [0.2, 0.25) is 0 Å². The molecular formula is C13H22N2O. The number of hydrogen-bond acceptors (Lipinski definition) is 3. The van der Waals surface area contributed by atoms with Crippen LogP contribution in [0.15, 0.2) is 30.3 Å². The molecule has 0 spiro atoms. The van der Waals surface area contributed by atoms with Crippen molar-refractivity contribution in [2.45, 2.75) is 26.0 Å². The number of nitrogens with two attached hydrogens (primary N) is 1. The van der Waals surface area contributed by atoms with Crippen molar-refractivity contribution in [1.29, 1.82) is 0 Å². The average molecular weight is 222 g/mol. The first-order valence-corrected chi connectivity index (χ1v) is 5.69. The van der Waals surface area contributed by atoms with Crippen LogP contribution in [0.1, 0.15) is 19.4 Å². The summed E-state index contributed by atoms with van der Waals surface area (Å²) in [6.45, 7) is 7.05. The van der Waals surface area contributed by atoms with Gasteiger partial charge in [-0.05, 0) is 19.4 Å². The maximum Gasteiger partial charge on any atom is 0.0717 e. The second-order valence-electron chi connectivity index (χ2n) is 4.70. The van der Waals surface area contributed by atoms with Gasteiger partial charge in [0.15, 0.2) is 0 Å². The van der Waals surface area contributed by atoms with Crippen molar-refractivity contribution in [2.75, 3.05) is 19.7 Å². The molecule has 0 fully saturated rings. The van der Waals surface area contributed by atoms with Gasteiger partial charge in [-0.3, -0.25) is 0 Å². The number of benzene rings is 1. The van der Waals surface area contributed by atoms with Crippen LogP contribution >= 0.6 is 0 Å². The molecule has 3 N–H and O–H groups in total. The summed E-state index contributed by atoms with van der Waals surface area (Å²) < 4.78 is 5.53. The summed E-state index contributed by atoms with van der Waals surface area (Å²) in [6, 6.07) is 10.2. The van der Waals surface area contributed by atoms with E-state index in [1.807, 2.05) is 32.0 Å². The Morgan fingerprint density at radius 2 is 1.94 bits per heavy atom. The highest BCUT2D eigenvalue weighted by Gasteiger charge is 2.08. The molecule has 3 heteroatoms. The van der Waals surface area contributed by atoms with Gasteiger partial charge >= 0.3 is 0 Å². The van der Waals surface area contributed by atoms with Crippen molar-refractivity contribution in [2.24, 2.45) is 5.73 Å². The van der Waals surface area contributed by atoms with E-state index in [1.165, 1.54) is 5.56 Å². The average Bonchev–Trinajstić information content (AvgIpc) is 2.23. The van der Waals surface area contributed by atoms with Crippen molar-refractivity contribution in [1.82, 2.24) is 5.32 Å². The second kappa shape index (κ2) is 6.63. The van der Waals surface area contributed by atoms with Crippen LogP contribution < -0.4 is 11.1 Å². The van der Waals surface area contributed by atoms with E-state index in [1.54, 1.807) is 0 Å². The van der Waals surface area contributed by atoms with E-state index >= 15 is 0 Å². The first-order valence-electron chi connectivity index (χ1n) is 5.69. The van der Waals surface area contributed by atoms with E-state index in [0.717, 1.165) is 13.1 Å². The Balaban J connectivity index is 2.01. The van der Waals surface area contributed by atoms with E-state index in [2.05, 4.69) is 17.4 Å². The van der Waals surface area contributed by atoms with Gasteiger partial charge in [0.1, 0.15) is 0 Å². The zero-order valence-electron chi connectivity index (χ0n) is 10.2. The van der Waals surface area contributed by atoms with Gasteiger partial charge in [-0.25, -0.2) is 0 Å². The van der Waals surface area contributed by atoms with Crippen molar-refractivity contribution in [3.63, 3.8) is 0 Å². The molecule has 0 saturated heterocycles. The highest BCUT2D eigenvalue weighted by Crippen LogP contribution is 1.99. The third-order valence-corrected chi connectivity index (χ3v) is 2.12. The van der Waals surface area contributed by atoms with Crippen molar-refractivity contribution in [3.8, 4) is 0 Å². The van der Waals surface area contributed by atoms with Gasteiger partial charge in [-0.2, -0.15) is 0 Å². The van der Waals surface area contributed by atoms with Crippen LogP contribution in [0.3, 0.4) is 0 Å². The normalized spacial score (nSPS) is 11.7. The minimum absolute atomic E-state index is 0.153. The van der Waals surface area contributed by atoms with Gasteiger partial charge in [0.05, 0.1) is 13.2 Å². The molecule has 0 aliphatic carbocycles. The van der Waals surface area contributed by atoms with E-state index in [4.69, 9.17) is 10.5 Å². The first kappa shape index (κ1) is 13.2. The molecule has 1 rings (SSSR count). The molecule has 16 heavy (non-hydrogen) atoms. The minimum Gasteiger partial charge on any atom is -0.375 e. The number of nitrogens with one attached hydrogen (secondary N) is 1. The lowest BCUT2D eigenvalue weighted by molar-refractivity contribution is 0.122. The minimum atomic E-state index is -0.153. The molecule has 0 bridgehead atoms. The Bertz CT molecular complexity index is 280. The van der Waals surface area contributed by atoms with Gasteiger partial charge in [-0.15, -0.1) is 0 Å². The third-order valence-electron chi connectivity index (χ3n) is 2.12. The smallest absolute Gasteiger partial charge is 0.0717 e. The quantitative estimate of drug-likeness (QED) is 0.688. The van der Waals surface area contributed by atoms with E-state index < -0.39 is 0 Å². The Morgan fingerprint density at radius 1 is 1.25 bits per heavy atom. The second-order valence-corrected chi connectivity index (χ2v) is 4.70. The summed E-state index contributed by atoms with van der Waals surface area (Å²) in [5.41, 5.74) is 6.89. The lowest BCUT2D eigenvalue weighted by Crippen LogP contribution is -2.43. The lowest BCUT2D eigenvalue weighted by atomic mass is 10.1. The van der Waals surface area contributed by atoms with Gasteiger partial charge < -0.3 is 15.8 Å². The van der Waals surface area contributed by atoms with E-state index in [0.29, 0.717) is 13.2 Å². The number of ether oxygens (including phenoxy) is 1. The Labute approximate surface area is 98.0 Å². The molecule has 1 aromatic carbocycles. The van der Waals surface area contributed by atoms with Crippen LogP contribution in [0, 0.1) is 0 Å². The van der Waals surface area contributed by atoms with Crippen LogP contribution in [-0.2, 0) is 11.3 Å². The fourth-order valence-corrected chi connectivity index (χ4v) is 1.32. The molecule has 0 aliphatic rings. The van der Waals surface area contributed by atoms with Crippen molar-refractivity contribution < 1.29 is 4.74 Å². The van der Waals surface area contributed by atoms with Crippen molar-refractivity contribution in [3.05, 3.63) is 35.9 Å². The highest BCUT2D eigenvalue weighted by molar-refractivity contribution is 5.13. The fourth-order valence-electron chi connectivity index (χ4n) is 1.32. The fraction of sp³-hybridized carbons (Fsp3) is 0.538. The molecule has 3 nitrogen and oxygen atoms in total. The maximum atomic E-state index is 5.84. The maximum absolute atomic E-state index is 5.84. The zero-order chi connectivity index (χ0) is 11.9. The van der Waals surface area contributed by atoms with E-state index in [-0.39, 0.29) is 5.54 Å². The SMILES string of the molecule is CC(C)(N)CNCCOCc1ccccc1. The highest BCUT2D eigenvalue weighted by atomic mass is 16.5. The summed E-state index contributed by atoms with van der Waals surface area (Å²) in [6.07, 6.45) is 0. The topological polar surface area (TPSA) is 47.3 Å². The molecule has 0 atom stereocenters. The summed E-state index contributed by atoms with van der Waals surface area (Å²) in [5, 5.41) is 3.26. The monoisotopic (exact) mass is 222 g/mol. The molecule has 0 radical (unpaired) electrons. The Morgan fingerprint density at radius 3 is 2.56 bits per heavy atom. The predicted octanol–water partition coefficient (Wildman–Crippen LogP) is 1.53. The van der Waals surface area contributed by atoms with Gasteiger partial charge in [-0.1, -0.05) is 30.3 Å². The molecule has 0 saturated carbocycles. The number of rotatable bonds is 7. The Kier molecular flexibility index (Phi) is 5.46. The molecule has 0 unspecified atom stereocenters. The van der Waals surface area contributed by atoms with Crippen LogP contribution in [0.25, 0.3) is 0 Å². The van der Waals surface area contributed by atoms with Gasteiger partial charge in [0.2, 0.25) is 0 Å². The third kappa shape index (κ3) is 6.56. The number of hydrogen-bond donors (Lipinski definition) is 2. The van der Waals surface area contributed by atoms with Crippen LogP contribution in [-0.4, -0.2) is 25.2 Å². The molecule has 0 aromatic heterocycles. The van der Waals surface area contributed by atoms with Crippen LogP contribution in [0.4, 0.5) is 0 Å². The zero-order valence-corrected chi connectivity index (χ0v) is 10.2. The van der Waals surface area contributed by atoms with Gasteiger partial charge in [0.25, 0.3) is 0 Å². The molecule has 0 amide bonds. The van der Waals surface area contributed by atoms with Crippen LogP contribution in [0.5, 0.6) is 0 Å². The summed E-state index contributed by atoms with van der Waals surface area (Å²) in [4.78, 5) is 0. The largest absolute Gasteiger partial charge is 0.375 e. The summed E-state index contributed by atoms with van der Waals surface area (Å²) >= 11 is 0. The first-order chi connectivity index (χ1) is 7.58. The molecule has 90 valence electrons. The van der Waals surface area contributed by atoms with E-state index in [9.17, 15) is 0 Å². The predicted molar refractivity (Wildman–Crippen MR) is 67.2 cm³/mol. The lowest BCUT2D eigenvalue weighted by Gasteiger charge is -2.18. The van der Waals surface area contributed by atoms with Gasteiger partial charge in [0, 0.05) is 18.6 Å². The standard InChI is InChI=1S/C13H22N2O/c1-13(2,14)11-15-8-9-16-10-12-6-4-3-5-7-12/h3-7,15H,8-11,14H2,1-2H3.